The van der Waals surface area contributed by atoms with Crippen LogP contribution in [0.2, 0.25) is 0 Å². The Kier molecular flexibility index (Phi) is 9.60. The predicted octanol–water partition coefficient (Wildman–Crippen LogP) is 0.443. The summed E-state index contributed by atoms with van der Waals surface area (Å²) in [4.78, 5) is 34.9. The quantitative estimate of drug-likeness (QED) is 0.123. The van der Waals surface area contributed by atoms with E-state index in [1.54, 1.807) is 0 Å². The third-order valence-electron chi connectivity index (χ3n) is 3.45. The Hall–Kier alpha value is -2.11. The smallest absolute Gasteiger partial charge is 0.300 e. The van der Waals surface area contributed by atoms with Crippen molar-refractivity contribution < 1.29 is 32.3 Å². The van der Waals surface area contributed by atoms with Crippen molar-refractivity contribution in [3.63, 3.8) is 0 Å². The summed E-state index contributed by atoms with van der Waals surface area (Å²) >= 11 is 1.98. The first kappa shape index (κ1) is 24.9. The summed E-state index contributed by atoms with van der Waals surface area (Å²) in [6.45, 7) is -0.876. The molecule has 0 radical (unpaired) electrons. The molecule has 0 bridgehead atoms. The van der Waals surface area contributed by atoms with Crippen molar-refractivity contribution in [1.29, 1.82) is 0 Å². The van der Waals surface area contributed by atoms with Crippen LogP contribution >= 0.6 is 22.6 Å². The number of anilines is 1. The van der Waals surface area contributed by atoms with Crippen molar-refractivity contribution in [2.45, 2.75) is 0 Å². The van der Waals surface area contributed by atoms with Gasteiger partial charge in [0.25, 0.3) is 27.4 Å². The topological polar surface area (TPSA) is 182 Å². The second kappa shape index (κ2) is 11.2. The molecule has 0 fully saturated rings. The number of hydrogen-bond acceptors (Lipinski definition) is 10. The lowest BCUT2D eigenvalue weighted by molar-refractivity contribution is -0.393. The molecule has 0 saturated heterocycles. The van der Waals surface area contributed by atoms with Crippen LogP contribution in [0.25, 0.3) is 0 Å². The highest BCUT2D eigenvalue weighted by molar-refractivity contribution is 14.1. The van der Waals surface area contributed by atoms with E-state index < -0.39 is 43.9 Å². The summed E-state index contributed by atoms with van der Waals surface area (Å²) < 4.78 is 27.5. The van der Waals surface area contributed by atoms with Crippen LogP contribution in [0, 0.1) is 20.2 Å². The number of aliphatic hydroxyl groups is 1. The minimum atomic E-state index is -3.76. The number of nitrogens with zero attached hydrogens (tertiary/aromatic N) is 3. The highest BCUT2D eigenvalue weighted by atomic mass is 127. The van der Waals surface area contributed by atoms with E-state index >= 15 is 0 Å². The molecule has 15 heteroatoms. The Bertz CT molecular complexity index is 878. The number of rotatable bonds is 12. The number of non-ortho nitro benzene ring substituents is 1. The highest BCUT2D eigenvalue weighted by Crippen LogP contribution is 2.36. The molecule has 0 heterocycles. The number of amides is 1. The van der Waals surface area contributed by atoms with Crippen LogP contribution in [0.3, 0.4) is 0 Å². The second-order valence-electron chi connectivity index (χ2n) is 5.56. The Morgan fingerprint density at radius 2 is 1.93 bits per heavy atom. The van der Waals surface area contributed by atoms with Gasteiger partial charge in [-0.3, -0.25) is 29.2 Å². The van der Waals surface area contributed by atoms with E-state index in [9.17, 15) is 33.4 Å². The molecule has 13 nitrogen and oxygen atoms in total. The molecule has 0 saturated carbocycles. The lowest BCUT2D eigenvalue weighted by Gasteiger charge is -2.25. The number of carbonyl (C=O) groups is 1. The number of nitro benzene ring substituents is 2. The number of carbonyl (C=O) groups excluding carboxylic acids is 1. The number of alkyl halides is 1. The van der Waals surface area contributed by atoms with E-state index in [2.05, 4.69) is 9.50 Å². The molecule has 162 valence electrons. The maximum atomic E-state index is 12.5. The molecule has 1 aromatic rings. The molecule has 0 aromatic heterocycles. The molecule has 0 spiro atoms. The van der Waals surface area contributed by atoms with Crippen molar-refractivity contribution in [1.82, 2.24) is 5.32 Å². The summed E-state index contributed by atoms with van der Waals surface area (Å²) in [7, 11) is -3.76. The number of nitro groups is 2. The van der Waals surface area contributed by atoms with Crippen LogP contribution in [0.4, 0.5) is 17.1 Å². The summed E-state index contributed by atoms with van der Waals surface area (Å²) in [5, 5.41) is 33.9. The first-order valence-electron chi connectivity index (χ1n) is 8.03. The monoisotopic (exact) mass is 546 g/mol. The van der Waals surface area contributed by atoms with E-state index in [0.717, 1.165) is 18.4 Å². The van der Waals surface area contributed by atoms with Crippen LogP contribution in [0.5, 0.6) is 0 Å². The van der Waals surface area contributed by atoms with Crippen molar-refractivity contribution >= 4 is 55.7 Å². The van der Waals surface area contributed by atoms with Crippen LogP contribution in [0.15, 0.2) is 12.1 Å². The zero-order chi connectivity index (χ0) is 22.2. The van der Waals surface area contributed by atoms with Gasteiger partial charge in [0, 0.05) is 30.1 Å². The lowest BCUT2D eigenvalue weighted by atomic mass is 10.1. The molecule has 0 unspecified atom stereocenters. The maximum absolute atomic E-state index is 12.5. The van der Waals surface area contributed by atoms with Gasteiger partial charge < -0.3 is 15.3 Å². The Morgan fingerprint density at radius 3 is 2.41 bits per heavy atom. The fourth-order valence-electron chi connectivity index (χ4n) is 2.36. The number of benzene rings is 1. The number of aliphatic hydroxyl groups excluding tert-OH is 1. The van der Waals surface area contributed by atoms with E-state index in [1.165, 1.54) is 4.90 Å². The van der Waals surface area contributed by atoms with Gasteiger partial charge in [0.2, 0.25) is 0 Å². The SMILES string of the molecule is CS(=O)(=O)OCCN(CCI)c1c(C(=O)NCCO)cc([N+](=O)[O-])cc1[N+](=O)[O-]. The van der Waals surface area contributed by atoms with Gasteiger partial charge in [-0.25, -0.2) is 0 Å². The Balaban J connectivity index is 3.55. The Morgan fingerprint density at radius 1 is 1.28 bits per heavy atom. The van der Waals surface area contributed by atoms with Gasteiger partial charge in [-0.2, -0.15) is 8.42 Å². The molecular formula is C14H19IN4O9S. The fourth-order valence-corrected chi connectivity index (χ4v) is 3.31. The molecular weight excluding hydrogens is 527 g/mol. The van der Waals surface area contributed by atoms with E-state index in [1.807, 2.05) is 22.6 Å². The Labute approximate surface area is 179 Å². The van der Waals surface area contributed by atoms with Crippen LogP contribution < -0.4 is 10.2 Å². The first-order chi connectivity index (χ1) is 13.5. The maximum Gasteiger partial charge on any atom is 0.300 e. The average Bonchev–Trinajstić information content (AvgIpc) is 2.63. The number of nitrogens with one attached hydrogen (secondary N) is 1. The second-order valence-corrected chi connectivity index (χ2v) is 8.28. The molecule has 0 aliphatic heterocycles. The average molecular weight is 546 g/mol. The summed E-state index contributed by atoms with van der Waals surface area (Å²) in [5.41, 5.74) is -1.89. The largest absolute Gasteiger partial charge is 0.395 e. The van der Waals surface area contributed by atoms with Gasteiger partial charge >= 0.3 is 0 Å². The van der Waals surface area contributed by atoms with E-state index in [4.69, 9.17) is 5.11 Å². The van der Waals surface area contributed by atoms with Crippen molar-refractivity contribution in [3.8, 4) is 0 Å². The van der Waals surface area contributed by atoms with Crippen LogP contribution in [-0.4, -0.2) is 72.8 Å². The van der Waals surface area contributed by atoms with Gasteiger partial charge in [0.15, 0.2) is 0 Å². The zero-order valence-electron chi connectivity index (χ0n) is 15.2. The normalized spacial score (nSPS) is 11.1. The predicted molar refractivity (Wildman–Crippen MR) is 111 cm³/mol. The van der Waals surface area contributed by atoms with Gasteiger partial charge in [-0.1, -0.05) is 22.6 Å². The van der Waals surface area contributed by atoms with Gasteiger partial charge in [0.1, 0.15) is 5.69 Å². The van der Waals surface area contributed by atoms with Gasteiger partial charge in [0.05, 0.1) is 40.9 Å². The molecule has 1 amide bonds. The van der Waals surface area contributed by atoms with Crippen molar-refractivity contribution in [2.75, 3.05) is 48.4 Å². The third-order valence-corrected chi connectivity index (χ3v) is 4.53. The standard InChI is InChI=1S/C14H19IN4O9S/c1-29(26,27)28-7-5-17(4-2-15)13-11(14(21)16-3-6-20)8-10(18(22)23)9-12(13)19(24)25/h8-9,20H,2-7H2,1H3,(H,16,21). The lowest BCUT2D eigenvalue weighted by Crippen LogP contribution is -2.34. The molecule has 1 aromatic carbocycles. The first-order valence-corrected chi connectivity index (χ1v) is 11.4. The molecule has 0 aliphatic carbocycles. The fraction of sp³-hybridized carbons (Fsp3) is 0.500. The molecule has 2 N–H and O–H groups in total. The van der Waals surface area contributed by atoms with Gasteiger partial charge in [-0.15, -0.1) is 0 Å². The number of halogens is 1. The van der Waals surface area contributed by atoms with E-state index in [-0.39, 0.29) is 37.5 Å². The third kappa shape index (κ3) is 7.67. The summed E-state index contributed by atoms with van der Waals surface area (Å²) in [6, 6.07) is 1.63. The summed E-state index contributed by atoms with van der Waals surface area (Å²) in [6.07, 6.45) is 0.845. The van der Waals surface area contributed by atoms with Crippen LogP contribution in [0.1, 0.15) is 10.4 Å². The molecule has 0 aliphatic rings. The van der Waals surface area contributed by atoms with Gasteiger partial charge in [-0.05, 0) is 0 Å². The minimum absolute atomic E-state index is 0.130. The van der Waals surface area contributed by atoms with E-state index in [0.29, 0.717) is 4.43 Å². The van der Waals surface area contributed by atoms with Crippen molar-refractivity contribution in [2.24, 2.45) is 0 Å². The van der Waals surface area contributed by atoms with Crippen molar-refractivity contribution in [3.05, 3.63) is 37.9 Å². The molecule has 0 atom stereocenters. The molecule has 29 heavy (non-hydrogen) atoms. The molecule has 1 rings (SSSR count). The highest BCUT2D eigenvalue weighted by Gasteiger charge is 2.30. The minimum Gasteiger partial charge on any atom is -0.395 e. The summed E-state index contributed by atoms with van der Waals surface area (Å²) in [5.74, 6) is -0.858. The van der Waals surface area contributed by atoms with Crippen LogP contribution in [-0.2, 0) is 14.3 Å². The zero-order valence-corrected chi connectivity index (χ0v) is 18.2. The number of hydrogen-bond donors (Lipinski definition) is 2.